The number of nitrogens with one attached hydrogen (secondary N) is 1. The van der Waals surface area contributed by atoms with Gasteiger partial charge in [0, 0.05) is 29.3 Å². The van der Waals surface area contributed by atoms with E-state index in [1.165, 1.54) is 6.42 Å². The normalized spacial score (nSPS) is 18.2. The quantitative estimate of drug-likeness (QED) is 0.723. The Bertz CT molecular complexity index is 475. The first-order valence-electron chi connectivity index (χ1n) is 6.80. The molecular weight excluding hydrogens is 322 g/mol. The van der Waals surface area contributed by atoms with Crippen LogP contribution < -0.4 is 16.0 Å². The molecule has 1 saturated heterocycles. The second-order valence-electron chi connectivity index (χ2n) is 4.99. The number of carbonyl (C=O) groups is 1. The average molecular weight is 342 g/mol. The van der Waals surface area contributed by atoms with Crippen molar-refractivity contribution < 1.29 is 9.90 Å². The molecule has 2 rings (SSSR count). The van der Waals surface area contributed by atoms with E-state index in [0.717, 1.165) is 29.7 Å². The molecule has 4 N–H and O–H groups in total. The van der Waals surface area contributed by atoms with Crippen molar-refractivity contribution in [1.29, 1.82) is 0 Å². The minimum atomic E-state index is -0.455. The van der Waals surface area contributed by atoms with Crippen molar-refractivity contribution in [1.82, 2.24) is 5.32 Å². The fourth-order valence-corrected chi connectivity index (χ4v) is 2.95. The van der Waals surface area contributed by atoms with Gasteiger partial charge in [-0.3, -0.25) is 4.79 Å². The van der Waals surface area contributed by atoms with Crippen LogP contribution in [0.1, 0.15) is 23.2 Å². The number of aliphatic hydroxyl groups excluding tert-OH is 1. The summed E-state index contributed by atoms with van der Waals surface area (Å²) in [6, 6.07) is 5.87. The van der Waals surface area contributed by atoms with Crippen LogP contribution >= 0.6 is 15.9 Å². The second-order valence-corrected chi connectivity index (χ2v) is 5.90. The zero-order valence-electron chi connectivity index (χ0n) is 11.3. The first-order chi connectivity index (χ1) is 9.61. The molecule has 0 spiro atoms. The van der Waals surface area contributed by atoms with Crippen LogP contribution in [0, 0.1) is 0 Å². The van der Waals surface area contributed by atoms with Crippen molar-refractivity contribution >= 4 is 27.5 Å². The molecule has 6 heteroatoms. The first kappa shape index (κ1) is 15.3. The highest BCUT2D eigenvalue weighted by atomic mass is 79.9. The predicted octanol–water partition coefficient (Wildman–Crippen LogP) is 1.10. The van der Waals surface area contributed by atoms with E-state index in [1.54, 1.807) is 6.07 Å². The summed E-state index contributed by atoms with van der Waals surface area (Å²) in [5.74, 6) is -0.455. The fourth-order valence-electron chi connectivity index (χ4n) is 2.59. The molecule has 1 aliphatic heterocycles. The van der Waals surface area contributed by atoms with Gasteiger partial charge in [0.2, 0.25) is 0 Å². The smallest absolute Gasteiger partial charge is 0.250 e. The summed E-state index contributed by atoms with van der Waals surface area (Å²) < 4.78 is 0.818. The van der Waals surface area contributed by atoms with Crippen LogP contribution in [0.5, 0.6) is 0 Å². The van der Waals surface area contributed by atoms with Crippen LogP contribution in [0.2, 0.25) is 0 Å². The SMILES string of the molecule is NC(=O)c1cc(Br)ccc1N(CCO)CC1CCCN1. The van der Waals surface area contributed by atoms with E-state index in [0.29, 0.717) is 18.2 Å². The highest BCUT2D eigenvalue weighted by Gasteiger charge is 2.21. The van der Waals surface area contributed by atoms with Crippen molar-refractivity contribution in [3.63, 3.8) is 0 Å². The zero-order chi connectivity index (χ0) is 14.5. The van der Waals surface area contributed by atoms with E-state index >= 15 is 0 Å². The number of anilines is 1. The zero-order valence-corrected chi connectivity index (χ0v) is 12.9. The molecule has 5 nitrogen and oxygen atoms in total. The molecule has 0 bridgehead atoms. The van der Waals surface area contributed by atoms with Gasteiger partial charge in [-0.1, -0.05) is 15.9 Å². The van der Waals surface area contributed by atoms with E-state index in [4.69, 9.17) is 5.73 Å². The second kappa shape index (κ2) is 7.06. The Hall–Kier alpha value is -1.11. The van der Waals surface area contributed by atoms with Crippen molar-refractivity contribution in [3.8, 4) is 0 Å². The number of primary amides is 1. The monoisotopic (exact) mass is 341 g/mol. The molecule has 20 heavy (non-hydrogen) atoms. The number of amides is 1. The summed E-state index contributed by atoms with van der Waals surface area (Å²) in [6.07, 6.45) is 2.28. The Morgan fingerprint density at radius 2 is 2.35 bits per heavy atom. The molecule has 1 unspecified atom stereocenters. The topological polar surface area (TPSA) is 78.6 Å². The van der Waals surface area contributed by atoms with Crippen LogP contribution in [0.25, 0.3) is 0 Å². The lowest BCUT2D eigenvalue weighted by Gasteiger charge is -2.28. The van der Waals surface area contributed by atoms with Gasteiger partial charge in [0.05, 0.1) is 12.2 Å². The van der Waals surface area contributed by atoms with Crippen molar-refractivity contribution in [3.05, 3.63) is 28.2 Å². The van der Waals surface area contributed by atoms with Crippen LogP contribution in [0.3, 0.4) is 0 Å². The molecule has 0 aliphatic carbocycles. The number of nitrogens with zero attached hydrogens (tertiary/aromatic N) is 1. The van der Waals surface area contributed by atoms with Crippen LogP contribution in [0.15, 0.2) is 22.7 Å². The lowest BCUT2D eigenvalue weighted by Crippen LogP contribution is -2.40. The Morgan fingerprint density at radius 3 is 2.95 bits per heavy atom. The van der Waals surface area contributed by atoms with Crippen molar-refractivity contribution in [2.75, 3.05) is 31.1 Å². The average Bonchev–Trinajstić information content (AvgIpc) is 2.91. The van der Waals surface area contributed by atoms with E-state index in [1.807, 2.05) is 17.0 Å². The largest absolute Gasteiger partial charge is 0.395 e. The van der Waals surface area contributed by atoms with E-state index < -0.39 is 5.91 Å². The molecule has 0 aromatic heterocycles. The van der Waals surface area contributed by atoms with Gasteiger partial charge in [-0.05, 0) is 37.6 Å². The highest BCUT2D eigenvalue weighted by molar-refractivity contribution is 9.10. The highest BCUT2D eigenvalue weighted by Crippen LogP contribution is 2.25. The van der Waals surface area contributed by atoms with Gasteiger partial charge in [0.15, 0.2) is 0 Å². The minimum Gasteiger partial charge on any atom is -0.395 e. The van der Waals surface area contributed by atoms with Gasteiger partial charge in [-0.25, -0.2) is 0 Å². The maximum absolute atomic E-state index is 11.6. The third kappa shape index (κ3) is 3.71. The maximum Gasteiger partial charge on any atom is 0.250 e. The van der Waals surface area contributed by atoms with E-state index in [2.05, 4.69) is 21.2 Å². The fraction of sp³-hybridized carbons (Fsp3) is 0.500. The van der Waals surface area contributed by atoms with Gasteiger partial charge in [0.25, 0.3) is 5.91 Å². The number of hydrogen-bond acceptors (Lipinski definition) is 4. The van der Waals surface area contributed by atoms with Gasteiger partial charge >= 0.3 is 0 Å². The molecule has 1 aliphatic rings. The molecule has 1 heterocycles. The summed E-state index contributed by atoms with van der Waals surface area (Å²) in [7, 11) is 0. The number of benzene rings is 1. The minimum absolute atomic E-state index is 0.0426. The summed E-state index contributed by atoms with van der Waals surface area (Å²) >= 11 is 3.35. The summed E-state index contributed by atoms with van der Waals surface area (Å²) in [4.78, 5) is 13.6. The Morgan fingerprint density at radius 1 is 1.55 bits per heavy atom. The third-order valence-corrected chi connectivity index (χ3v) is 4.03. The number of aliphatic hydroxyl groups is 1. The molecule has 110 valence electrons. The number of carbonyl (C=O) groups excluding carboxylic acids is 1. The summed E-state index contributed by atoms with van der Waals surface area (Å²) in [5, 5.41) is 12.7. The first-order valence-corrected chi connectivity index (χ1v) is 7.59. The van der Waals surface area contributed by atoms with E-state index in [-0.39, 0.29) is 6.61 Å². The molecule has 0 radical (unpaired) electrons. The Kier molecular flexibility index (Phi) is 5.39. The predicted molar refractivity (Wildman–Crippen MR) is 83.0 cm³/mol. The lowest BCUT2D eigenvalue weighted by atomic mass is 10.1. The standard InChI is InChI=1S/C14H20BrN3O2/c15-10-3-4-13(12(8-10)14(16)20)18(6-7-19)9-11-2-1-5-17-11/h3-4,8,11,17,19H,1-2,5-7,9H2,(H2,16,20). The molecule has 1 aromatic carbocycles. The Labute approximate surface area is 127 Å². The van der Waals surface area contributed by atoms with E-state index in [9.17, 15) is 9.90 Å². The van der Waals surface area contributed by atoms with Gasteiger partial charge in [0.1, 0.15) is 0 Å². The molecule has 1 aromatic rings. The number of halogens is 1. The molecule has 1 fully saturated rings. The van der Waals surface area contributed by atoms with Crippen LogP contribution in [-0.2, 0) is 0 Å². The molecule has 1 atom stereocenters. The number of nitrogens with two attached hydrogens (primary N) is 1. The summed E-state index contributed by atoms with van der Waals surface area (Å²) in [5.41, 5.74) is 6.72. The van der Waals surface area contributed by atoms with Gasteiger partial charge in [-0.15, -0.1) is 0 Å². The lowest BCUT2D eigenvalue weighted by molar-refractivity contribution is 0.100. The molecule has 0 saturated carbocycles. The Balaban J connectivity index is 2.25. The van der Waals surface area contributed by atoms with Crippen molar-refractivity contribution in [2.45, 2.75) is 18.9 Å². The number of rotatable bonds is 6. The third-order valence-electron chi connectivity index (χ3n) is 3.54. The van der Waals surface area contributed by atoms with Crippen molar-refractivity contribution in [2.24, 2.45) is 5.73 Å². The van der Waals surface area contributed by atoms with Crippen LogP contribution in [-0.4, -0.2) is 43.3 Å². The number of hydrogen-bond donors (Lipinski definition) is 3. The molecule has 1 amide bonds. The van der Waals surface area contributed by atoms with Gasteiger partial charge in [-0.2, -0.15) is 0 Å². The summed E-state index contributed by atoms with van der Waals surface area (Å²) in [6.45, 7) is 2.32. The van der Waals surface area contributed by atoms with Crippen LogP contribution in [0.4, 0.5) is 5.69 Å². The van der Waals surface area contributed by atoms with Gasteiger partial charge < -0.3 is 21.1 Å². The molecular formula is C14H20BrN3O2. The maximum atomic E-state index is 11.6.